The van der Waals surface area contributed by atoms with Crippen molar-refractivity contribution >= 4 is 11.8 Å². The summed E-state index contributed by atoms with van der Waals surface area (Å²) in [6.07, 6.45) is 60.2. The number of carbonyl (C=O) groups excluding carboxylic acids is 1. The van der Waals surface area contributed by atoms with E-state index >= 15 is 0 Å². The van der Waals surface area contributed by atoms with Crippen LogP contribution in [0.2, 0.25) is 0 Å². The van der Waals surface area contributed by atoms with E-state index < -0.39 is 5.97 Å². The van der Waals surface area contributed by atoms with Crippen molar-refractivity contribution in [3.63, 3.8) is 0 Å². The normalized spacial score (nSPS) is 13.2. The maximum atomic E-state index is 14.4. The van der Waals surface area contributed by atoms with Crippen LogP contribution in [0.3, 0.4) is 0 Å². The van der Waals surface area contributed by atoms with Gasteiger partial charge in [0.15, 0.2) is 0 Å². The minimum Gasteiger partial charge on any atom is -0.481 e. The molecule has 59 heavy (non-hydrogen) atoms. The van der Waals surface area contributed by atoms with E-state index in [0.29, 0.717) is 11.7 Å². The highest BCUT2D eigenvalue weighted by molar-refractivity contribution is 5.83. The van der Waals surface area contributed by atoms with Crippen LogP contribution in [-0.2, 0) is 9.59 Å². The van der Waals surface area contributed by atoms with Gasteiger partial charge in [0.05, 0.1) is 5.92 Å². The molecular weight excluding hydrogens is 721 g/mol. The number of rotatable bonds is 51. The van der Waals surface area contributed by atoms with Crippen molar-refractivity contribution in [1.29, 1.82) is 0 Å². The average molecular weight is 831 g/mol. The Morgan fingerprint density at radius 2 is 0.407 bits per heavy atom. The van der Waals surface area contributed by atoms with Crippen molar-refractivity contribution in [3.8, 4) is 0 Å². The van der Waals surface area contributed by atoms with E-state index in [-0.39, 0.29) is 11.8 Å². The molecule has 3 unspecified atom stereocenters. The van der Waals surface area contributed by atoms with Gasteiger partial charge in [0, 0.05) is 11.8 Å². The van der Waals surface area contributed by atoms with Crippen LogP contribution in [0.15, 0.2) is 0 Å². The zero-order valence-corrected chi connectivity index (χ0v) is 41.2. The third-order valence-corrected chi connectivity index (χ3v) is 13.9. The molecule has 0 aromatic heterocycles. The van der Waals surface area contributed by atoms with E-state index in [2.05, 4.69) is 27.7 Å². The molecule has 0 aliphatic rings. The topological polar surface area (TPSA) is 54.4 Å². The first-order valence-electron chi connectivity index (χ1n) is 27.8. The van der Waals surface area contributed by atoms with Gasteiger partial charge < -0.3 is 5.11 Å². The van der Waals surface area contributed by atoms with Crippen LogP contribution in [0.4, 0.5) is 0 Å². The molecule has 0 fully saturated rings. The van der Waals surface area contributed by atoms with Crippen LogP contribution >= 0.6 is 0 Å². The third-order valence-electron chi connectivity index (χ3n) is 13.9. The monoisotopic (exact) mass is 831 g/mol. The van der Waals surface area contributed by atoms with E-state index in [1.54, 1.807) is 0 Å². The predicted octanol–water partition coefficient (Wildman–Crippen LogP) is 19.9. The van der Waals surface area contributed by atoms with Crippen molar-refractivity contribution in [1.82, 2.24) is 0 Å². The number of ketones is 1. The van der Waals surface area contributed by atoms with Crippen molar-refractivity contribution in [3.05, 3.63) is 0 Å². The lowest BCUT2D eigenvalue weighted by Gasteiger charge is -2.23. The molecule has 0 aromatic rings. The summed E-state index contributed by atoms with van der Waals surface area (Å²) >= 11 is 0. The third kappa shape index (κ3) is 40.9. The number of carboxylic acids is 1. The fraction of sp³-hybridized carbons (Fsp3) is 0.964. The first-order valence-corrected chi connectivity index (χ1v) is 27.8. The molecule has 0 saturated heterocycles. The van der Waals surface area contributed by atoms with Gasteiger partial charge in [0.25, 0.3) is 0 Å². The fourth-order valence-electron chi connectivity index (χ4n) is 9.70. The first kappa shape index (κ1) is 58.1. The smallest absolute Gasteiger partial charge is 0.306 e. The van der Waals surface area contributed by atoms with Crippen molar-refractivity contribution < 1.29 is 14.7 Å². The van der Waals surface area contributed by atoms with Crippen LogP contribution in [0.25, 0.3) is 0 Å². The van der Waals surface area contributed by atoms with Crippen LogP contribution < -0.4 is 0 Å². The Balaban J connectivity index is 4.77. The molecule has 0 heterocycles. The molecule has 0 amide bonds. The lowest BCUT2D eigenvalue weighted by Crippen LogP contribution is -2.24. The minimum absolute atomic E-state index is 0.142. The molecule has 1 N–H and O–H groups in total. The summed E-state index contributed by atoms with van der Waals surface area (Å²) in [5, 5.41) is 9.73. The lowest BCUT2D eigenvalue weighted by atomic mass is 9.80. The zero-order valence-electron chi connectivity index (χ0n) is 41.2. The Hall–Kier alpha value is -0.860. The second-order valence-electron chi connectivity index (χ2n) is 19.6. The maximum Gasteiger partial charge on any atom is 0.306 e. The molecule has 352 valence electrons. The molecule has 0 saturated carbocycles. The standard InChI is InChI=1S/C56H110O3/c1-5-9-13-17-20-22-24-25-26-27-29-32-37-42-49-53(48-41-36-31-28-23-21-18-14-10-6-2)55(57)52(46-40-16-12-8-4)47-43-38-33-30-34-39-45-51-54(56(58)59)50-44-35-19-15-11-7-3/h52-54H,5-51H2,1-4H3,(H,58,59). The van der Waals surface area contributed by atoms with E-state index in [1.165, 1.54) is 250 Å². The number of carbonyl (C=O) groups is 2. The van der Waals surface area contributed by atoms with E-state index in [0.717, 1.165) is 51.4 Å². The van der Waals surface area contributed by atoms with Gasteiger partial charge in [-0.2, -0.15) is 0 Å². The van der Waals surface area contributed by atoms with Gasteiger partial charge in [-0.1, -0.05) is 291 Å². The summed E-state index contributed by atoms with van der Waals surface area (Å²) in [6, 6.07) is 0. The second-order valence-corrected chi connectivity index (χ2v) is 19.6. The van der Waals surface area contributed by atoms with Crippen LogP contribution in [-0.4, -0.2) is 16.9 Å². The average Bonchev–Trinajstić information content (AvgIpc) is 3.23. The highest BCUT2D eigenvalue weighted by atomic mass is 16.4. The number of unbranched alkanes of at least 4 members (excludes halogenated alkanes) is 36. The zero-order chi connectivity index (χ0) is 43.1. The van der Waals surface area contributed by atoms with Gasteiger partial charge in [0.2, 0.25) is 0 Å². The van der Waals surface area contributed by atoms with Crippen molar-refractivity contribution in [2.75, 3.05) is 0 Å². The van der Waals surface area contributed by atoms with Crippen LogP contribution in [0, 0.1) is 17.8 Å². The lowest BCUT2D eigenvalue weighted by molar-refractivity contribution is -0.142. The SMILES string of the molecule is CCCCCCCCCCCCCCCCC(CCCCCCCCCCCC)C(=O)C(CCCCCC)CCCCCCCCCC(CCCCCCCC)C(=O)O. The van der Waals surface area contributed by atoms with Crippen LogP contribution in [0.1, 0.15) is 329 Å². The largest absolute Gasteiger partial charge is 0.481 e. The molecule has 0 spiro atoms. The molecule has 3 atom stereocenters. The minimum atomic E-state index is -0.581. The maximum absolute atomic E-state index is 14.4. The fourth-order valence-corrected chi connectivity index (χ4v) is 9.70. The van der Waals surface area contributed by atoms with Gasteiger partial charge in [-0.15, -0.1) is 0 Å². The summed E-state index contributed by atoms with van der Waals surface area (Å²) in [5.74, 6) is 0.513. The number of hydrogen-bond acceptors (Lipinski definition) is 2. The van der Waals surface area contributed by atoms with E-state index in [1.807, 2.05) is 0 Å². The summed E-state index contributed by atoms with van der Waals surface area (Å²) in [5.41, 5.74) is 0. The molecular formula is C56H110O3. The summed E-state index contributed by atoms with van der Waals surface area (Å²) in [7, 11) is 0. The Morgan fingerprint density at radius 3 is 0.593 bits per heavy atom. The summed E-state index contributed by atoms with van der Waals surface area (Å²) in [4.78, 5) is 26.2. The van der Waals surface area contributed by atoms with Gasteiger partial charge in [0.1, 0.15) is 5.78 Å². The van der Waals surface area contributed by atoms with Crippen molar-refractivity contribution in [2.24, 2.45) is 17.8 Å². The van der Waals surface area contributed by atoms with Crippen LogP contribution in [0.5, 0.6) is 0 Å². The molecule has 3 heteroatoms. The van der Waals surface area contributed by atoms with Gasteiger partial charge in [-0.3, -0.25) is 9.59 Å². The Morgan fingerprint density at radius 1 is 0.254 bits per heavy atom. The summed E-state index contributed by atoms with van der Waals surface area (Å²) in [6.45, 7) is 9.14. The Labute approximate surface area is 372 Å². The number of aliphatic carboxylic acids is 1. The quantitative estimate of drug-likeness (QED) is 0.0621. The highest BCUT2D eigenvalue weighted by Gasteiger charge is 2.26. The number of hydrogen-bond donors (Lipinski definition) is 1. The number of carboxylic acid groups (broad SMARTS) is 1. The molecule has 0 rings (SSSR count). The van der Waals surface area contributed by atoms with Crippen molar-refractivity contribution in [2.45, 2.75) is 329 Å². The van der Waals surface area contributed by atoms with E-state index in [9.17, 15) is 14.7 Å². The van der Waals surface area contributed by atoms with Gasteiger partial charge in [-0.25, -0.2) is 0 Å². The van der Waals surface area contributed by atoms with E-state index in [4.69, 9.17) is 0 Å². The van der Waals surface area contributed by atoms with Gasteiger partial charge >= 0.3 is 5.97 Å². The molecule has 0 aliphatic heterocycles. The van der Waals surface area contributed by atoms with Gasteiger partial charge in [-0.05, 0) is 38.5 Å². The Bertz CT molecular complexity index is 837. The highest BCUT2D eigenvalue weighted by Crippen LogP contribution is 2.29. The molecule has 0 aliphatic carbocycles. The summed E-state index contributed by atoms with van der Waals surface area (Å²) < 4.78 is 0. The molecule has 0 aromatic carbocycles. The Kier molecular flexibility index (Phi) is 47.5. The molecule has 0 bridgehead atoms. The second kappa shape index (κ2) is 48.2. The first-order chi connectivity index (χ1) is 29.0. The molecule has 0 radical (unpaired) electrons. The molecule has 3 nitrogen and oxygen atoms in total. The number of Topliss-reactive ketones (excluding diaryl/α,β-unsaturated/α-hetero) is 1. The predicted molar refractivity (Wildman–Crippen MR) is 263 cm³/mol.